The molecule has 0 aliphatic carbocycles. The molecule has 28 heavy (non-hydrogen) atoms. The maximum absolute atomic E-state index is 12.4. The van der Waals surface area contributed by atoms with E-state index in [0.29, 0.717) is 11.1 Å². The summed E-state index contributed by atoms with van der Waals surface area (Å²) in [7, 11) is -3.19. The van der Waals surface area contributed by atoms with Crippen molar-refractivity contribution in [1.29, 1.82) is 0 Å². The van der Waals surface area contributed by atoms with Crippen LogP contribution in [0.15, 0.2) is 24.3 Å². The van der Waals surface area contributed by atoms with Gasteiger partial charge in [0.15, 0.2) is 16.4 Å². The fourth-order valence-corrected chi connectivity index (χ4v) is 5.46. The SMILES string of the molecule is C[C@]1(NC(=O)COC(=O)CN2C(=O)Cc3ccccc3C2=O)CCS(=O)(=O)C1. The van der Waals surface area contributed by atoms with Gasteiger partial charge in [0.05, 0.1) is 23.5 Å². The van der Waals surface area contributed by atoms with E-state index in [1.54, 1.807) is 31.2 Å². The molecule has 150 valence electrons. The molecule has 2 aliphatic heterocycles. The van der Waals surface area contributed by atoms with Gasteiger partial charge in [-0.25, -0.2) is 8.42 Å². The number of ether oxygens (including phenoxy) is 1. The van der Waals surface area contributed by atoms with Crippen LogP contribution >= 0.6 is 0 Å². The van der Waals surface area contributed by atoms with E-state index in [9.17, 15) is 27.6 Å². The van der Waals surface area contributed by atoms with Crippen molar-refractivity contribution in [2.75, 3.05) is 24.7 Å². The van der Waals surface area contributed by atoms with Crippen LogP contribution in [-0.2, 0) is 35.4 Å². The maximum Gasteiger partial charge on any atom is 0.326 e. The molecule has 3 rings (SSSR count). The van der Waals surface area contributed by atoms with Gasteiger partial charge in [-0.1, -0.05) is 18.2 Å². The number of nitrogens with one attached hydrogen (secondary N) is 1. The molecule has 9 nitrogen and oxygen atoms in total. The van der Waals surface area contributed by atoms with Gasteiger partial charge in [-0.3, -0.25) is 24.1 Å². The molecule has 1 atom stereocenters. The molecule has 1 N–H and O–H groups in total. The Bertz CT molecular complexity index is 956. The molecule has 0 unspecified atom stereocenters. The van der Waals surface area contributed by atoms with Crippen molar-refractivity contribution in [2.45, 2.75) is 25.3 Å². The van der Waals surface area contributed by atoms with Crippen LogP contribution in [0.1, 0.15) is 29.3 Å². The van der Waals surface area contributed by atoms with E-state index < -0.39 is 52.2 Å². The summed E-state index contributed by atoms with van der Waals surface area (Å²) in [6.45, 7) is 0.395. The van der Waals surface area contributed by atoms with Gasteiger partial charge in [0.1, 0.15) is 6.54 Å². The number of carbonyl (C=O) groups excluding carboxylic acids is 4. The summed E-state index contributed by atoms with van der Waals surface area (Å²) in [6.07, 6.45) is 0.285. The lowest BCUT2D eigenvalue weighted by Gasteiger charge is -2.26. The number of esters is 1. The van der Waals surface area contributed by atoms with E-state index in [2.05, 4.69) is 5.32 Å². The summed E-state index contributed by atoms with van der Waals surface area (Å²) in [6, 6.07) is 6.64. The largest absolute Gasteiger partial charge is 0.454 e. The normalized spacial score (nSPS) is 23.2. The lowest BCUT2D eigenvalue weighted by atomic mass is 9.98. The van der Waals surface area contributed by atoms with Crippen molar-refractivity contribution in [3.8, 4) is 0 Å². The highest BCUT2D eigenvalue weighted by molar-refractivity contribution is 7.91. The fourth-order valence-electron chi connectivity index (χ4n) is 3.36. The average Bonchev–Trinajstić information content (AvgIpc) is 2.89. The maximum atomic E-state index is 12.4. The molecule has 0 saturated carbocycles. The number of hydrogen-bond acceptors (Lipinski definition) is 7. The zero-order chi connectivity index (χ0) is 20.5. The van der Waals surface area contributed by atoms with Crippen molar-refractivity contribution in [3.63, 3.8) is 0 Å². The van der Waals surface area contributed by atoms with E-state index in [0.717, 1.165) is 4.90 Å². The second-order valence-electron chi connectivity index (χ2n) is 7.23. The van der Waals surface area contributed by atoms with Crippen LogP contribution in [0.2, 0.25) is 0 Å². The third-order valence-electron chi connectivity index (χ3n) is 4.73. The predicted molar refractivity (Wildman–Crippen MR) is 97.0 cm³/mol. The zero-order valence-electron chi connectivity index (χ0n) is 15.3. The molecule has 0 spiro atoms. The number of fused-ring (bicyclic) bond motifs is 1. The first-order chi connectivity index (χ1) is 13.1. The highest BCUT2D eigenvalue weighted by Gasteiger charge is 2.39. The summed E-state index contributed by atoms with van der Waals surface area (Å²) < 4.78 is 28.0. The van der Waals surface area contributed by atoms with E-state index in [1.165, 1.54) is 0 Å². The number of benzene rings is 1. The van der Waals surface area contributed by atoms with Crippen LogP contribution in [-0.4, -0.2) is 67.2 Å². The monoisotopic (exact) mass is 408 g/mol. The number of carbonyl (C=O) groups is 4. The molecule has 0 bridgehead atoms. The summed E-state index contributed by atoms with van der Waals surface area (Å²) >= 11 is 0. The molecule has 1 saturated heterocycles. The van der Waals surface area contributed by atoms with Crippen LogP contribution < -0.4 is 5.32 Å². The molecule has 2 heterocycles. The Kier molecular flexibility index (Phi) is 5.24. The second kappa shape index (κ2) is 7.34. The molecule has 1 fully saturated rings. The number of imide groups is 1. The first-order valence-corrected chi connectivity index (χ1v) is 10.5. The van der Waals surface area contributed by atoms with Crippen LogP contribution in [0.3, 0.4) is 0 Å². The first-order valence-electron chi connectivity index (χ1n) is 8.68. The van der Waals surface area contributed by atoms with Gasteiger partial charge < -0.3 is 10.1 Å². The van der Waals surface area contributed by atoms with E-state index >= 15 is 0 Å². The Morgan fingerprint density at radius 2 is 1.96 bits per heavy atom. The number of rotatable bonds is 5. The van der Waals surface area contributed by atoms with Crippen LogP contribution in [0.4, 0.5) is 0 Å². The van der Waals surface area contributed by atoms with Gasteiger partial charge >= 0.3 is 5.97 Å². The molecular formula is C18H20N2O7S. The lowest BCUT2D eigenvalue weighted by Crippen LogP contribution is -2.49. The minimum absolute atomic E-state index is 0.00249. The Balaban J connectivity index is 1.53. The molecule has 1 aromatic carbocycles. The van der Waals surface area contributed by atoms with Crippen molar-refractivity contribution >= 4 is 33.5 Å². The van der Waals surface area contributed by atoms with E-state index in [-0.39, 0.29) is 24.3 Å². The number of hydrogen-bond donors (Lipinski definition) is 1. The topological polar surface area (TPSA) is 127 Å². The third-order valence-corrected chi connectivity index (χ3v) is 6.63. The molecule has 10 heteroatoms. The summed E-state index contributed by atoms with van der Waals surface area (Å²) in [5.41, 5.74) is 0.0504. The standard InChI is InChI=1S/C18H20N2O7S/c1-18(6-7-28(25,26)11-18)19-14(21)10-27-16(23)9-20-15(22)8-12-4-2-3-5-13(12)17(20)24/h2-5H,6-11H2,1H3,(H,19,21)/t18-/m0/s1. The Morgan fingerprint density at radius 3 is 2.64 bits per heavy atom. The van der Waals surface area contributed by atoms with Gasteiger partial charge in [0.25, 0.3) is 11.8 Å². The fraction of sp³-hybridized carbons (Fsp3) is 0.444. The Labute approximate surface area is 161 Å². The van der Waals surface area contributed by atoms with Crippen LogP contribution in [0, 0.1) is 0 Å². The van der Waals surface area contributed by atoms with Crippen LogP contribution in [0.5, 0.6) is 0 Å². The lowest BCUT2D eigenvalue weighted by molar-refractivity contribution is -0.151. The molecular weight excluding hydrogens is 388 g/mol. The number of sulfone groups is 1. The Morgan fingerprint density at radius 1 is 1.25 bits per heavy atom. The van der Waals surface area contributed by atoms with Gasteiger partial charge in [-0.2, -0.15) is 0 Å². The Hall–Kier alpha value is -2.75. The first kappa shape index (κ1) is 20.0. The minimum atomic E-state index is -3.19. The highest BCUT2D eigenvalue weighted by atomic mass is 32.2. The second-order valence-corrected chi connectivity index (χ2v) is 9.41. The highest BCUT2D eigenvalue weighted by Crippen LogP contribution is 2.22. The average molecular weight is 408 g/mol. The van der Waals surface area contributed by atoms with Crippen LogP contribution in [0.25, 0.3) is 0 Å². The molecule has 2 aliphatic rings. The van der Waals surface area contributed by atoms with Crippen molar-refractivity contribution < 1.29 is 32.3 Å². The van der Waals surface area contributed by atoms with Crippen molar-refractivity contribution in [1.82, 2.24) is 10.2 Å². The third kappa shape index (κ3) is 4.38. The number of amides is 3. The summed E-state index contributed by atoms with van der Waals surface area (Å²) in [5, 5.41) is 2.56. The minimum Gasteiger partial charge on any atom is -0.454 e. The predicted octanol–water partition coefficient (Wildman–Crippen LogP) is -0.552. The molecule has 0 aromatic heterocycles. The van der Waals surface area contributed by atoms with Gasteiger partial charge in [-0.05, 0) is 25.0 Å². The van der Waals surface area contributed by atoms with Crippen molar-refractivity contribution in [2.24, 2.45) is 0 Å². The van der Waals surface area contributed by atoms with Crippen molar-refractivity contribution in [3.05, 3.63) is 35.4 Å². The number of nitrogens with zero attached hydrogens (tertiary/aromatic N) is 1. The van der Waals surface area contributed by atoms with Gasteiger partial charge in [0, 0.05) is 5.56 Å². The van der Waals surface area contributed by atoms with Gasteiger partial charge in [0.2, 0.25) is 5.91 Å². The summed E-state index contributed by atoms with van der Waals surface area (Å²) in [4.78, 5) is 49.3. The molecule has 3 amide bonds. The zero-order valence-corrected chi connectivity index (χ0v) is 16.1. The molecule has 0 radical (unpaired) electrons. The van der Waals surface area contributed by atoms with Gasteiger partial charge in [-0.15, -0.1) is 0 Å². The quantitative estimate of drug-likeness (QED) is 0.511. The summed E-state index contributed by atoms with van der Waals surface area (Å²) in [5.74, 6) is -2.83. The smallest absolute Gasteiger partial charge is 0.326 e. The molecule has 1 aromatic rings. The van der Waals surface area contributed by atoms with E-state index in [1.807, 2.05) is 0 Å². The van der Waals surface area contributed by atoms with E-state index in [4.69, 9.17) is 4.74 Å².